The first-order valence-corrected chi connectivity index (χ1v) is 11.2. The van der Waals surface area contributed by atoms with Crippen molar-refractivity contribution in [1.29, 1.82) is 0 Å². The SMILES string of the molecule is CC1CC2CCCC(Cc3noc([C@@H](N)CCCNC(=O)OC(C)(C)C)n3)(C1)C2. The van der Waals surface area contributed by atoms with Gasteiger partial charge >= 0.3 is 6.09 Å². The van der Waals surface area contributed by atoms with E-state index in [2.05, 4.69) is 22.4 Å². The first-order chi connectivity index (χ1) is 13.6. The molecule has 1 aromatic rings. The number of ether oxygens (including phenoxy) is 1. The van der Waals surface area contributed by atoms with Gasteiger partial charge in [-0.1, -0.05) is 24.9 Å². The highest BCUT2D eigenvalue weighted by atomic mass is 16.6. The van der Waals surface area contributed by atoms with Gasteiger partial charge in [-0.15, -0.1) is 0 Å². The molecule has 4 atom stereocenters. The number of nitrogens with one attached hydrogen (secondary N) is 1. The van der Waals surface area contributed by atoms with E-state index in [4.69, 9.17) is 15.0 Å². The number of carbonyl (C=O) groups is 1. The summed E-state index contributed by atoms with van der Waals surface area (Å²) in [6, 6.07) is -0.307. The maximum atomic E-state index is 11.7. The molecule has 3 rings (SSSR count). The van der Waals surface area contributed by atoms with Gasteiger partial charge < -0.3 is 20.3 Å². The van der Waals surface area contributed by atoms with Crippen LogP contribution in [0.4, 0.5) is 4.79 Å². The molecule has 1 amide bonds. The van der Waals surface area contributed by atoms with Crippen molar-refractivity contribution < 1.29 is 14.1 Å². The van der Waals surface area contributed by atoms with E-state index in [1.54, 1.807) is 0 Å². The van der Waals surface area contributed by atoms with Crippen LogP contribution in [0.25, 0.3) is 0 Å². The molecule has 0 aromatic carbocycles. The van der Waals surface area contributed by atoms with Crippen molar-refractivity contribution in [3.05, 3.63) is 11.7 Å². The van der Waals surface area contributed by atoms with E-state index in [-0.39, 0.29) is 6.04 Å². The van der Waals surface area contributed by atoms with Gasteiger partial charge in [0.15, 0.2) is 5.82 Å². The van der Waals surface area contributed by atoms with Crippen LogP contribution in [0.3, 0.4) is 0 Å². The number of nitrogens with zero attached hydrogens (tertiary/aromatic N) is 2. The van der Waals surface area contributed by atoms with Gasteiger partial charge in [0, 0.05) is 13.0 Å². The fraction of sp³-hybridized carbons (Fsp3) is 0.864. The Morgan fingerprint density at radius 1 is 1.41 bits per heavy atom. The van der Waals surface area contributed by atoms with Crippen LogP contribution in [0.5, 0.6) is 0 Å². The molecule has 2 aliphatic carbocycles. The van der Waals surface area contributed by atoms with Crippen molar-refractivity contribution in [1.82, 2.24) is 15.5 Å². The first kappa shape index (κ1) is 22.1. The van der Waals surface area contributed by atoms with Gasteiger partial charge in [0.1, 0.15) is 5.60 Å². The van der Waals surface area contributed by atoms with E-state index in [1.807, 2.05) is 20.8 Å². The number of carbonyl (C=O) groups excluding carboxylic acids is 1. The number of alkyl carbamates (subject to hydrolysis) is 1. The van der Waals surface area contributed by atoms with Crippen LogP contribution in [0.15, 0.2) is 4.52 Å². The number of hydrogen-bond acceptors (Lipinski definition) is 6. The third-order valence-electron chi connectivity index (χ3n) is 6.25. The fourth-order valence-electron chi connectivity index (χ4n) is 5.37. The van der Waals surface area contributed by atoms with E-state index in [0.29, 0.717) is 24.3 Å². The predicted octanol–water partition coefficient (Wildman–Crippen LogP) is 4.52. The van der Waals surface area contributed by atoms with Crippen molar-refractivity contribution in [2.75, 3.05) is 6.54 Å². The molecule has 164 valence electrons. The molecule has 2 aliphatic rings. The molecule has 29 heavy (non-hydrogen) atoms. The number of rotatable bonds is 7. The van der Waals surface area contributed by atoms with Crippen molar-refractivity contribution in [3.8, 4) is 0 Å². The number of aromatic nitrogens is 2. The number of hydrogen-bond donors (Lipinski definition) is 2. The lowest BCUT2D eigenvalue weighted by Gasteiger charge is -2.47. The highest BCUT2D eigenvalue weighted by Gasteiger charge is 2.42. The Kier molecular flexibility index (Phi) is 6.87. The molecule has 3 N–H and O–H groups in total. The van der Waals surface area contributed by atoms with Crippen LogP contribution in [-0.2, 0) is 11.2 Å². The van der Waals surface area contributed by atoms with E-state index in [9.17, 15) is 4.79 Å². The average molecular weight is 407 g/mol. The lowest BCUT2D eigenvalue weighted by molar-refractivity contribution is 0.0435. The molecule has 7 heteroatoms. The van der Waals surface area contributed by atoms with Crippen LogP contribution in [0.2, 0.25) is 0 Å². The second-order valence-corrected chi connectivity index (χ2v) is 10.4. The fourth-order valence-corrected chi connectivity index (χ4v) is 5.37. The number of fused-ring (bicyclic) bond motifs is 2. The van der Waals surface area contributed by atoms with Crippen molar-refractivity contribution >= 4 is 6.09 Å². The summed E-state index contributed by atoms with van der Waals surface area (Å²) in [5.41, 5.74) is 6.10. The highest BCUT2D eigenvalue weighted by molar-refractivity contribution is 5.67. The van der Waals surface area contributed by atoms with Crippen LogP contribution < -0.4 is 11.1 Å². The Balaban J connectivity index is 1.45. The summed E-state index contributed by atoms with van der Waals surface area (Å²) in [7, 11) is 0. The quantitative estimate of drug-likeness (QED) is 0.645. The molecular formula is C22H38N4O3. The molecule has 0 radical (unpaired) electrons. The van der Waals surface area contributed by atoms with Gasteiger partial charge in [-0.05, 0) is 76.5 Å². The summed E-state index contributed by atoms with van der Waals surface area (Å²) in [4.78, 5) is 16.3. The summed E-state index contributed by atoms with van der Waals surface area (Å²) in [5.74, 6) is 2.97. The Morgan fingerprint density at radius 3 is 2.97 bits per heavy atom. The third kappa shape index (κ3) is 6.43. The van der Waals surface area contributed by atoms with Crippen LogP contribution in [0, 0.1) is 17.3 Å². The normalized spacial score (nSPS) is 28.0. The smallest absolute Gasteiger partial charge is 0.407 e. The monoisotopic (exact) mass is 406 g/mol. The Labute approximate surface area is 174 Å². The van der Waals surface area contributed by atoms with E-state index in [0.717, 1.165) is 30.5 Å². The van der Waals surface area contributed by atoms with Gasteiger partial charge in [-0.25, -0.2) is 4.79 Å². The van der Waals surface area contributed by atoms with E-state index < -0.39 is 11.7 Å². The summed E-state index contributed by atoms with van der Waals surface area (Å²) >= 11 is 0. The molecule has 2 fully saturated rings. The van der Waals surface area contributed by atoms with Crippen LogP contribution in [0.1, 0.15) is 96.8 Å². The molecular weight excluding hydrogens is 368 g/mol. The molecule has 0 spiro atoms. The van der Waals surface area contributed by atoms with Crippen molar-refractivity contribution in [2.24, 2.45) is 23.0 Å². The minimum absolute atomic E-state index is 0.307. The van der Waals surface area contributed by atoms with Gasteiger partial charge in [-0.2, -0.15) is 4.98 Å². The Morgan fingerprint density at radius 2 is 2.21 bits per heavy atom. The molecule has 0 saturated heterocycles. The second kappa shape index (κ2) is 9.02. The van der Waals surface area contributed by atoms with Gasteiger partial charge in [0.05, 0.1) is 6.04 Å². The van der Waals surface area contributed by atoms with Gasteiger partial charge in [0.25, 0.3) is 0 Å². The molecule has 0 aliphatic heterocycles. The summed E-state index contributed by atoms with van der Waals surface area (Å²) in [5, 5.41) is 6.99. The topological polar surface area (TPSA) is 103 Å². The highest BCUT2D eigenvalue weighted by Crippen LogP contribution is 2.52. The van der Waals surface area contributed by atoms with Crippen molar-refractivity contribution in [2.45, 2.75) is 97.1 Å². The van der Waals surface area contributed by atoms with Crippen LogP contribution >= 0.6 is 0 Å². The lowest BCUT2D eigenvalue weighted by atomic mass is 9.58. The van der Waals surface area contributed by atoms with Crippen LogP contribution in [-0.4, -0.2) is 28.4 Å². The van der Waals surface area contributed by atoms with Crippen molar-refractivity contribution in [3.63, 3.8) is 0 Å². The molecule has 7 nitrogen and oxygen atoms in total. The molecule has 2 bridgehead atoms. The Hall–Kier alpha value is -1.63. The zero-order valence-electron chi connectivity index (χ0n) is 18.5. The van der Waals surface area contributed by atoms with Gasteiger partial charge in [0.2, 0.25) is 5.89 Å². The minimum atomic E-state index is -0.491. The largest absolute Gasteiger partial charge is 0.444 e. The zero-order chi connectivity index (χ0) is 21.1. The summed E-state index contributed by atoms with van der Waals surface area (Å²) in [6.45, 7) is 8.42. The van der Waals surface area contributed by atoms with Gasteiger partial charge in [-0.3, -0.25) is 0 Å². The maximum absolute atomic E-state index is 11.7. The molecule has 2 saturated carbocycles. The minimum Gasteiger partial charge on any atom is -0.444 e. The maximum Gasteiger partial charge on any atom is 0.407 e. The first-order valence-electron chi connectivity index (χ1n) is 11.2. The molecule has 1 heterocycles. The standard InChI is InChI=1S/C22H38N4O3/c1-15-11-16-7-5-9-22(12-15,13-16)14-18-25-19(29-26-18)17(23)8-6-10-24-20(27)28-21(2,3)4/h15-17H,5-14,23H2,1-4H3,(H,24,27)/t15?,16?,17-,22?/m0/s1. The summed E-state index contributed by atoms with van der Waals surface area (Å²) in [6.07, 6.45) is 9.84. The number of nitrogens with two attached hydrogens (primary N) is 1. The zero-order valence-corrected chi connectivity index (χ0v) is 18.5. The summed E-state index contributed by atoms with van der Waals surface area (Å²) < 4.78 is 10.7. The molecule has 3 unspecified atom stereocenters. The number of amides is 1. The predicted molar refractivity (Wildman–Crippen MR) is 111 cm³/mol. The van der Waals surface area contributed by atoms with E-state index in [1.165, 1.54) is 38.5 Å². The molecule has 1 aromatic heterocycles. The lowest BCUT2D eigenvalue weighted by Crippen LogP contribution is -2.38. The third-order valence-corrected chi connectivity index (χ3v) is 6.25. The average Bonchev–Trinajstić information content (AvgIpc) is 3.04. The second-order valence-electron chi connectivity index (χ2n) is 10.4. The van der Waals surface area contributed by atoms with E-state index >= 15 is 0 Å². The Bertz CT molecular complexity index is 680.